The Labute approximate surface area is 93.5 Å². The molecule has 14 heavy (non-hydrogen) atoms. The molecule has 0 aromatic carbocycles. The van der Waals surface area contributed by atoms with Gasteiger partial charge in [-0.2, -0.15) is 0 Å². The van der Waals surface area contributed by atoms with Gasteiger partial charge in [-0.3, -0.25) is 9.20 Å². The zero-order chi connectivity index (χ0) is 10.3. The maximum atomic E-state index is 11.7. The fourth-order valence-corrected chi connectivity index (χ4v) is 1.64. The van der Waals surface area contributed by atoms with Gasteiger partial charge in [-0.1, -0.05) is 11.6 Å². The highest BCUT2D eigenvalue weighted by Gasteiger charge is 2.06. The lowest BCUT2D eigenvalue weighted by Crippen LogP contribution is -2.16. The number of hydrogen-bond acceptors (Lipinski definition) is 2. The van der Waals surface area contributed by atoms with E-state index in [9.17, 15) is 4.79 Å². The van der Waals surface area contributed by atoms with Gasteiger partial charge in [0.25, 0.3) is 5.56 Å². The van der Waals surface area contributed by atoms with Crippen LogP contribution in [0.1, 0.15) is 5.69 Å². The van der Waals surface area contributed by atoms with Crippen molar-refractivity contribution in [3.05, 3.63) is 43.9 Å². The van der Waals surface area contributed by atoms with E-state index < -0.39 is 0 Å². The molecule has 0 aliphatic carbocycles. The molecule has 2 rings (SSSR count). The molecule has 2 heterocycles. The van der Waals surface area contributed by atoms with E-state index in [-0.39, 0.29) is 5.56 Å². The third kappa shape index (κ3) is 1.44. The Kier molecular flexibility index (Phi) is 2.33. The van der Waals surface area contributed by atoms with Gasteiger partial charge in [0, 0.05) is 6.20 Å². The number of aryl methyl sites for hydroxylation is 1. The van der Waals surface area contributed by atoms with Crippen molar-refractivity contribution in [3.8, 4) is 0 Å². The third-order valence-electron chi connectivity index (χ3n) is 1.90. The van der Waals surface area contributed by atoms with Crippen LogP contribution >= 0.6 is 27.5 Å². The summed E-state index contributed by atoms with van der Waals surface area (Å²) in [5.74, 6) is 0. The van der Waals surface area contributed by atoms with Gasteiger partial charge in [0.15, 0.2) is 0 Å². The topological polar surface area (TPSA) is 34.4 Å². The smallest absolute Gasteiger partial charge is 0.268 e. The lowest BCUT2D eigenvalue weighted by Gasteiger charge is -2.03. The van der Waals surface area contributed by atoms with Crippen LogP contribution in [-0.2, 0) is 0 Å². The van der Waals surface area contributed by atoms with Crippen LogP contribution in [0.15, 0.2) is 27.6 Å². The van der Waals surface area contributed by atoms with Gasteiger partial charge < -0.3 is 0 Å². The van der Waals surface area contributed by atoms with Gasteiger partial charge in [-0.05, 0) is 35.0 Å². The summed E-state index contributed by atoms with van der Waals surface area (Å²) in [5, 5.41) is 0.511. The summed E-state index contributed by atoms with van der Waals surface area (Å²) in [6.07, 6.45) is 1.55. The van der Waals surface area contributed by atoms with Crippen molar-refractivity contribution in [1.82, 2.24) is 9.38 Å². The molecule has 0 fully saturated rings. The predicted octanol–water partition coefficient (Wildman–Crippen LogP) is 2.42. The fourth-order valence-electron chi connectivity index (χ4n) is 1.20. The Morgan fingerprint density at radius 2 is 2.21 bits per heavy atom. The molecule has 0 saturated heterocycles. The second kappa shape index (κ2) is 3.37. The lowest BCUT2D eigenvalue weighted by atomic mass is 10.4. The molecular weight excluding hydrogens is 267 g/mol. The maximum absolute atomic E-state index is 11.7. The average Bonchev–Trinajstić information content (AvgIpc) is 2.16. The predicted molar refractivity (Wildman–Crippen MR) is 58.9 cm³/mol. The number of rotatable bonds is 0. The van der Waals surface area contributed by atoms with Crippen molar-refractivity contribution < 1.29 is 0 Å². The van der Waals surface area contributed by atoms with E-state index in [0.29, 0.717) is 20.8 Å². The number of fused-ring (bicyclic) bond motifs is 1. The van der Waals surface area contributed by atoms with Crippen molar-refractivity contribution in [2.75, 3.05) is 0 Å². The average molecular weight is 274 g/mol. The van der Waals surface area contributed by atoms with E-state index in [1.165, 1.54) is 4.40 Å². The van der Waals surface area contributed by atoms with Crippen LogP contribution in [0, 0.1) is 6.92 Å². The number of hydrogen-bond donors (Lipinski definition) is 0. The van der Waals surface area contributed by atoms with E-state index in [0.717, 1.165) is 0 Å². The van der Waals surface area contributed by atoms with Crippen LogP contribution in [0.3, 0.4) is 0 Å². The van der Waals surface area contributed by atoms with Crippen LogP contribution < -0.4 is 5.56 Å². The number of halogens is 2. The van der Waals surface area contributed by atoms with E-state index in [1.807, 2.05) is 0 Å². The Bertz CT molecular complexity index is 564. The largest absolute Gasteiger partial charge is 0.272 e. The monoisotopic (exact) mass is 272 g/mol. The Morgan fingerprint density at radius 1 is 1.50 bits per heavy atom. The summed E-state index contributed by atoms with van der Waals surface area (Å²) < 4.78 is 1.89. The first-order chi connectivity index (χ1) is 6.59. The summed E-state index contributed by atoms with van der Waals surface area (Å²) >= 11 is 8.97. The molecule has 2 aromatic heterocycles. The molecule has 0 amide bonds. The Balaban J connectivity index is 2.99. The minimum Gasteiger partial charge on any atom is -0.268 e. The maximum Gasteiger partial charge on any atom is 0.272 e. The quantitative estimate of drug-likeness (QED) is 0.739. The number of nitrogens with zero attached hydrogens (tertiary/aromatic N) is 2. The normalized spacial score (nSPS) is 10.8. The Hall–Kier alpha value is -0.870. The minimum atomic E-state index is -0.144. The second-order valence-electron chi connectivity index (χ2n) is 2.89. The van der Waals surface area contributed by atoms with Crippen molar-refractivity contribution >= 4 is 33.2 Å². The zero-order valence-corrected chi connectivity index (χ0v) is 9.63. The SMILES string of the molecule is Cc1nc2ccc(Cl)cn2c(=O)c1Br. The molecule has 0 atom stereocenters. The van der Waals surface area contributed by atoms with Gasteiger partial charge in [0.05, 0.1) is 10.7 Å². The van der Waals surface area contributed by atoms with Crippen molar-refractivity contribution in [3.63, 3.8) is 0 Å². The molecular formula is C9H6BrClN2O. The molecule has 0 bridgehead atoms. The van der Waals surface area contributed by atoms with Crippen LogP contribution in [0.5, 0.6) is 0 Å². The molecule has 2 aromatic rings. The van der Waals surface area contributed by atoms with Crippen LogP contribution in [0.25, 0.3) is 5.65 Å². The van der Waals surface area contributed by atoms with Crippen molar-refractivity contribution in [2.24, 2.45) is 0 Å². The number of pyridine rings is 1. The molecule has 0 N–H and O–H groups in total. The molecule has 5 heteroatoms. The molecule has 0 unspecified atom stereocenters. The minimum absolute atomic E-state index is 0.144. The second-order valence-corrected chi connectivity index (χ2v) is 4.12. The van der Waals surface area contributed by atoms with Gasteiger partial charge in [-0.25, -0.2) is 4.98 Å². The van der Waals surface area contributed by atoms with Gasteiger partial charge in [-0.15, -0.1) is 0 Å². The molecule has 0 saturated carbocycles. The van der Waals surface area contributed by atoms with Crippen molar-refractivity contribution in [1.29, 1.82) is 0 Å². The molecule has 3 nitrogen and oxygen atoms in total. The third-order valence-corrected chi connectivity index (χ3v) is 3.03. The molecule has 72 valence electrons. The number of aromatic nitrogens is 2. The summed E-state index contributed by atoms with van der Waals surface area (Å²) in [4.78, 5) is 16.0. The van der Waals surface area contributed by atoms with E-state index in [2.05, 4.69) is 20.9 Å². The van der Waals surface area contributed by atoms with Gasteiger partial charge in [0.2, 0.25) is 0 Å². The summed E-state index contributed by atoms with van der Waals surface area (Å²) in [7, 11) is 0. The standard InChI is InChI=1S/C9H6BrClN2O/c1-5-8(10)9(14)13-4-6(11)2-3-7(13)12-5/h2-4H,1H3. The summed E-state index contributed by atoms with van der Waals surface area (Å²) in [6.45, 7) is 1.78. The highest BCUT2D eigenvalue weighted by molar-refractivity contribution is 9.10. The molecule has 0 aliphatic heterocycles. The fraction of sp³-hybridized carbons (Fsp3) is 0.111. The molecule has 0 radical (unpaired) electrons. The molecule has 0 aliphatic rings. The van der Waals surface area contributed by atoms with E-state index >= 15 is 0 Å². The highest BCUT2D eigenvalue weighted by atomic mass is 79.9. The molecule has 0 spiro atoms. The Morgan fingerprint density at radius 3 is 2.93 bits per heavy atom. The first-order valence-electron chi connectivity index (χ1n) is 3.93. The van der Waals surface area contributed by atoms with Gasteiger partial charge in [0.1, 0.15) is 10.1 Å². The van der Waals surface area contributed by atoms with Crippen LogP contribution in [0.2, 0.25) is 5.02 Å². The first-order valence-corrected chi connectivity index (χ1v) is 5.11. The van der Waals surface area contributed by atoms with Gasteiger partial charge >= 0.3 is 0 Å². The van der Waals surface area contributed by atoms with E-state index in [1.54, 1.807) is 25.3 Å². The van der Waals surface area contributed by atoms with Crippen LogP contribution in [-0.4, -0.2) is 9.38 Å². The van der Waals surface area contributed by atoms with E-state index in [4.69, 9.17) is 11.6 Å². The summed E-state index contributed by atoms with van der Waals surface area (Å²) in [5.41, 5.74) is 1.13. The lowest BCUT2D eigenvalue weighted by molar-refractivity contribution is 1.00. The summed E-state index contributed by atoms with van der Waals surface area (Å²) in [6, 6.07) is 3.42. The van der Waals surface area contributed by atoms with Crippen LogP contribution in [0.4, 0.5) is 0 Å². The first kappa shape index (κ1) is 9.68. The van der Waals surface area contributed by atoms with Crippen molar-refractivity contribution in [2.45, 2.75) is 6.92 Å². The highest BCUT2D eigenvalue weighted by Crippen LogP contribution is 2.12. The zero-order valence-electron chi connectivity index (χ0n) is 7.29.